The van der Waals surface area contributed by atoms with Crippen LogP contribution in [0.25, 0.3) is 10.9 Å². The van der Waals surface area contributed by atoms with Gasteiger partial charge in [0.1, 0.15) is 0 Å². The minimum Gasteiger partial charge on any atom is -0.481 e. The number of unbranched alkanes of at least 4 members (excludes halogenated alkanes) is 2. The molecule has 0 saturated heterocycles. The Hall–Kier alpha value is -1.77. The molecule has 1 aromatic carbocycles. The van der Waals surface area contributed by atoms with Crippen molar-refractivity contribution in [3.63, 3.8) is 0 Å². The number of rotatable bonds is 6. The maximum atomic E-state index is 10.4. The lowest BCUT2D eigenvalue weighted by Crippen LogP contribution is -1.97. The fourth-order valence-corrected chi connectivity index (χ4v) is 2.07. The van der Waals surface area contributed by atoms with E-state index in [1.54, 1.807) is 0 Å². The Labute approximate surface area is 101 Å². The summed E-state index contributed by atoms with van der Waals surface area (Å²) in [7, 11) is 0. The summed E-state index contributed by atoms with van der Waals surface area (Å²) in [5.41, 5.74) is 1.26. The van der Waals surface area contributed by atoms with Crippen molar-refractivity contribution in [1.82, 2.24) is 4.57 Å². The van der Waals surface area contributed by atoms with E-state index in [1.807, 2.05) is 12.1 Å². The number of fused-ring (bicyclic) bond motifs is 1. The Bertz CT molecular complexity index is 502. The molecule has 0 aliphatic rings. The van der Waals surface area contributed by atoms with Gasteiger partial charge in [-0.1, -0.05) is 24.6 Å². The molecule has 0 amide bonds. The molecule has 0 aliphatic heterocycles. The third kappa shape index (κ3) is 3.09. The van der Waals surface area contributed by atoms with Crippen LogP contribution in [0.2, 0.25) is 0 Å². The van der Waals surface area contributed by atoms with Gasteiger partial charge in [-0.25, -0.2) is 0 Å². The Morgan fingerprint density at radius 1 is 1.12 bits per heavy atom. The molecule has 2 aromatic rings. The zero-order chi connectivity index (χ0) is 12.1. The molecule has 90 valence electrons. The van der Waals surface area contributed by atoms with Crippen LogP contribution in [0.5, 0.6) is 0 Å². The van der Waals surface area contributed by atoms with Crippen LogP contribution < -0.4 is 0 Å². The molecule has 0 bridgehead atoms. The van der Waals surface area contributed by atoms with E-state index in [-0.39, 0.29) is 6.42 Å². The lowest BCUT2D eigenvalue weighted by molar-refractivity contribution is -0.137. The van der Waals surface area contributed by atoms with Crippen LogP contribution in [0.4, 0.5) is 0 Å². The maximum absolute atomic E-state index is 10.4. The van der Waals surface area contributed by atoms with Crippen molar-refractivity contribution in [3.8, 4) is 0 Å². The molecule has 1 N–H and O–H groups in total. The molecule has 3 heteroatoms. The van der Waals surface area contributed by atoms with Crippen molar-refractivity contribution in [3.05, 3.63) is 36.5 Å². The molecule has 1 heterocycles. The fraction of sp³-hybridized carbons (Fsp3) is 0.357. The van der Waals surface area contributed by atoms with E-state index in [1.165, 1.54) is 10.9 Å². The van der Waals surface area contributed by atoms with Crippen LogP contribution in [0.3, 0.4) is 0 Å². The fourth-order valence-electron chi connectivity index (χ4n) is 2.07. The first-order chi connectivity index (χ1) is 8.27. The molecule has 0 saturated carbocycles. The number of hydrogen-bond acceptors (Lipinski definition) is 1. The summed E-state index contributed by atoms with van der Waals surface area (Å²) in [5.74, 6) is -0.698. The Kier molecular flexibility index (Phi) is 3.81. The average Bonchev–Trinajstić information content (AvgIpc) is 2.72. The highest BCUT2D eigenvalue weighted by Crippen LogP contribution is 2.16. The normalized spacial score (nSPS) is 10.8. The van der Waals surface area contributed by atoms with Gasteiger partial charge in [0.25, 0.3) is 0 Å². The highest BCUT2D eigenvalue weighted by molar-refractivity contribution is 5.79. The van der Waals surface area contributed by atoms with Gasteiger partial charge in [0.15, 0.2) is 0 Å². The summed E-state index contributed by atoms with van der Waals surface area (Å²) in [6, 6.07) is 10.4. The molecule has 1 aromatic heterocycles. The number of nitrogens with zero attached hydrogens (tertiary/aromatic N) is 1. The molecule has 0 spiro atoms. The van der Waals surface area contributed by atoms with Crippen LogP contribution in [0.15, 0.2) is 36.5 Å². The predicted molar refractivity (Wildman–Crippen MR) is 68.0 cm³/mol. The Morgan fingerprint density at radius 3 is 2.76 bits per heavy atom. The smallest absolute Gasteiger partial charge is 0.303 e. The summed E-state index contributed by atoms with van der Waals surface area (Å²) >= 11 is 0. The number of aromatic nitrogens is 1. The van der Waals surface area contributed by atoms with E-state index in [9.17, 15) is 4.79 Å². The number of benzene rings is 1. The van der Waals surface area contributed by atoms with E-state index < -0.39 is 5.97 Å². The number of aliphatic carboxylic acids is 1. The van der Waals surface area contributed by atoms with Crippen LogP contribution in [0, 0.1) is 0 Å². The molecule has 0 atom stereocenters. The zero-order valence-electron chi connectivity index (χ0n) is 9.80. The standard InChI is InChI=1S/C14H17NO2/c16-14(17)8-2-1-5-10-15-11-9-12-6-3-4-7-13(12)15/h3-4,6-7,9,11H,1-2,5,8,10H2,(H,16,17). The van der Waals surface area contributed by atoms with Gasteiger partial charge in [0.2, 0.25) is 0 Å². The van der Waals surface area contributed by atoms with Gasteiger partial charge in [-0.3, -0.25) is 4.79 Å². The molecule has 0 fully saturated rings. The van der Waals surface area contributed by atoms with Gasteiger partial charge < -0.3 is 9.67 Å². The second kappa shape index (κ2) is 5.53. The summed E-state index contributed by atoms with van der Waals surface area (Å²) in [6.45, 7) is 0.965. The van der Waals surface area contributed by atoms with Crippen molar-refractivity contribution in [1.29, 1.82) is 0 Å². The molecule has 17 heavy (non-hydrogen) atoms. The minimum absolute atomic E-state index is 0.284. The molecule has 3 nitrogen and oxygen atoms in total. The number of carbonyl (C=O) groups is 1. The van der Waals surface area contributed by atoms with Crippen LogP contribution in [0.1, 0.15) is 25.7 Å². The molecule has 0 radical (unpaired) electrons. The number of carboxylic acids is 1. The van der Waals surface area contributed by atoms with Gasteiger partial charge in [-0.2, -0.15) is 0 Å². The van der Waals surface area contributed by atoms with E-state index in [0.29, 0.717) is 0 Å². The van der Waals surface area contributed by atoms with Crippen molar-refractivity contribution in [2.75, 3.05) is 0 Å². The first-order valence-corrected chi connectivity index (χ1v) is 6.03. The highest BCUT2D eigenvalue weighted by Gasteiger charge is 2.00. The van der Waals surface area contributed by atoms with Crippen molar-refractivity contribution in [2.24, 2.45) is 0 Å². The third-order valence-corrected chi connectivity index (χ3v) is 2.97. The Balaban J connectivity index is 1.85. The molecular weight excluding hydrogens is 214 g/mol. The van der Waals surface area contributed by atoms with Crippen molar-refractivity contribution >= 4 is 16.9 Å². The van der Waals surface area contributed by atoms with Gasteiger partial charge >= 0.3 is 5.97 Å². The quantitative estimate of drug-likeness (QED) is 0.775. The van der Waals surface area contributed by atoms with Crippen LogP contribution in [-0.2, 0) is 11.3 Å². The van der Waals surface area contributed by atoms with Crippen LogP contribution in [-0.4, -0.2) is 15.6 Å². The monoisotopic (exact) mass is 231 g/mol. The third-order valence-electron chi connectivity index (χ3n) is 2.97. The number of para-hydroxylation sites is 1. The van der Waals surface area contributed by atoms with E-state index in [0.717, 1.165) is 25.8 Å². The average molecular weight is 231 g/mol. The zero-order valence-corrected chi connectivity index (χ0v) is 9.80. The van der Waals surface area contributed by atoms with E-state index in [4.69, 9.17) is 5.11 Å². The van der Waals surface area contributed by atoms with Gasteiger partial charge in [-0.15, -0.1) is 0 Å². The molecule has 0 aliphatic carbocycles. The first-order valence-electron chi connectivity index (χ1n) is 6.03. The summed E-state index contributed by atoms with van der Waals surface area (Å²) < 4.78 is 2.23. The second-order valence-corrected chi connectivity index (χ2v) is 4.27. The highest BCUT2D eigenvalue weighted by atomic mass is 16.4. The van der Waals surface area contributed by atoms with Gasteiger partial charge in [0, 0.05) is 24.7 Å². The predicted octanol–water partition coefficient (Wildman–Crippen LogP) is 3.29. The molecule has 2 rings (SSSR count). The minimum atomic E-state index is -0.698. The molecule has 0 unspecified atom stereocenters. The van der Waals surface area contributed by atoms with Gasteiger partial charge in [-0.05, 0) is 30.4 Å². The SMILES string of the molecule is O=C(O)CCCCCn1ccc2ccccc21. The summed E-state index contributed by atoms with van der Waals surface area (Å²) in [6.07, 6.45) is 5.16. The number of hydrogen-bond donors (Lipinski definition) is 1. The number of aryl methyl sites for hydroxylation is 1. The largest absolute Gasteiger partial charge is 0.481 e. The van der Waals surface area contributed by atoms with E-state index >= 15 is 0 Å². The molecular formula is C14H17NO2. The second-order valence-electron chi connectivity index (χ2n) is 4.27. The van der Waals surface area contributed by atoms with E-state index in [2.05, 4.69) is 29.0 Å². The van der Waals surface area contributed by atoms with Gasteiger partial charge in [0.05, 0.1) is 0 Å². The number of carboxylic acid groups (broad SMARTS) is 1. The summed E-state index contributed by atoms with van der Waals surface area (Å²) in [4.78, 5) is 10.4. The maximum Gasteiger partial charge on any atom is 0.303 e. The lowest BCUT2D eigenvalue weighted by Gasteiger charge is -2.04. The Morgan fingerprint density at radius 2 is 1.94 bits per heavy atom. The van der Waals surface area contributed by atoms with Crippen molar-refractivity contribution < 1.29 is 9.90 Å². The summed E-state index contributed by atoms with van der Waals surface area (Å²) in [5, 5.41) is 9.79. The lowest BCUT2D eigenvalue weighted by atomic mass is 10.2. The van der Waals surface area contributed by atoms with Crippen molar-refractivity contribution in [2.45, 2.75) is 32.2 Å². The topological polar surface area (TPSA) is 42.2 Å². The first kappa shape index (κ1) is 11.7. The van der Waals surface area contributed by atoms with Crippen LogP contribution >= 0.6 is 0 Å².